The van der Waals surface area contributed by atoms with Crippen LogP contribution in [0.4, 0.5) is 0 Å². The van der Waals surface area contributed by atoms with Crippen molar-refractivity contribution >= 4 is 44.6 Å². The van der Waals surface area contributed by atoms with E-state index in [1.807, 2.05) is 31.2 Å². The van der Waals surface area contributed by atoms with Gasteiger partial charge < -0.3 is 5.32 Å². The molecule has 0 aliphatic rings. The first-order valence-corrected chi connectivity index (χ1v) is 6.98. The van der Waals surface area contributed by atoms with Crippen molar-refractivity contribution < 1.29 is 0 Å². The Morgan fingerprint density at radius 2 is 2.32 bits per heavy atom. The Balaban J connectivity index is 2.08. The van der Waals surface area contributed by atoms with Gasteiger partial charge in [-0.25, -0.2) is 4.98 Å². The second-order valence-electron chi connectivity index (χ2n) is 3.79. The fourth-order valence-electron chi connectivity index (χ4n) is 1.41. The number of nitrogens with one attached hydrogen (secondary N) is 2. The zero-order valence-electron chi connectivity index (χ0n) is 10.5. The summed E-state index contributed by atoms with van der Waals surface area (Å²) in [6, 6.07) is 8.02. The van der Waals surface area contributed by atoms with Gasteiger partial charge in [-0.05, 0) is 31.3 Å². The van der Waals surface area contributed by atoms with E-state index in [0.717, 1.165) is 20.9 Å². The number of hydrogen-bond donors (Lipinski definition) is 2. The van der Waals surface area contributed by atoms with Gasteiger partial charge in [0.1, 0.15) is 5.01 Å². The molecule has 98 valence electrons. The number of para-hydroxylation sites is 1. The molecule has 0 aliphatic carbocycles. The quantitative estimate of drug-likeness (QED) is 0.393. The lowest BCUT2D eigenvalue weighted by molar-refractivity contribution is 0.936. The SMILES string of the molecule is C=CCNC(=S)N/N=C(/C)c1nc2ccccc2s1. The average Bonchev–Trinajstić information content (AvgIpc) is 2.86. The third-order valence-corrected chi connectivity index (χ3v) is 3.72. The highest BCUT2D eigenvalue weighted by atomic mass is 32.1. The number of thiocarbonyl (C=S) groups is 1. The summed E-state index contributed by atoms with van der Waals surface area (Å²) < 4.78 is 1.15. The van der Waals surface area contributed by atoms with E-state index in [4.69, 9.17) is 12.2 Å². The molecule has 0 saturated carbocycles. The number of thiazole rings is 1. The van der Waals surface area contributed by atoms with Crippen molar-refractivity contribution in [2.75, 3.05) is 6.54 Å². The Morgan fingerprint density at radius 1 is 1.53 bits per heavy atom. The predicted octanol–water partition coefficient (Wildman–Crippen LogP) is 2.67. The Bertz CT molecular complexity index is 597. The van der Waals surface area contributed by atoms with E-state index < -0.39 is 0 Å². The second-order valence-corrected chi connectivity index (χ2v) is 5.23. The molecule has 0 radical (unpaired) electrons. The maximum absolute atomic E-state index is 5.06. The van der Waals surface area contributed by atoms with Crippen LogP contribution in [0.15, 0.2) is 42.0 Å². The zero-order valence-corrected chi connectivity index (χ0v) is 12.1. The highest BCUT2D eigenvalue weighted by molar-refractivity contribution is 7.80. The molecule has 0 unspecified atom stereocenters. The van der Waals surface area contributed by atoms with Gasteiger partial charge in [-0.15, -0.1) is 17.9 Å². The molecule has 0 saturated heterocycles. The molecule has 19 heavy (non-hydrogen) atoms. The number of rotatable bonds is 4. The minimum Gasteiger partial charge on any atom is -0.358 e. The Kier molecular flexibility index (Phi) is 4.59. The maximum atomic E-state index is 5.06. The van der Waals surface area contributed by atoms with Crippen LogP contribution in [0, 0.1) is 0 Å². The summed E-state index contributed by atoms with van der Waals surface area (Å²) in [5.74, 6) is 0. The van der Waals surface area contributed by atoms with E-state index in [-0.39, 0.29) is 0 Å². The van der Waals surface area contributed by atoms with Gasteiger partial charge in [-0.3, -0.25) is 5.43 Å². The van der Waals surface area contributed by atoms with Gasteiger partial charge in [-0.2, -0.15) is 5.10 Å². The van der Waals surface area contributed by atoms with Crippen molar-refractivity contribution in [2.24, 2.45) is 5.10 Å². The van der Waals surface area contributed by atoms with Gasteiger partial charge in [0.2, 0.25) is 0 Å². The van der Waals surface area contributed by atoms with Gasteiger partial charge in [0.15, 0.2) is 5.11 Å². The summed E-state index contributed by atoms with van der Waals surface area (Å²) in [4.78, 5) is 4.52. The van der Waals surface area contributed by atoms with E-state index in [0.29, 0.717) is 11.7 Å². The van der Waals surface area contributed by atoms with Crippen molar-refractivity contribution in [3.05, 3.63) is 41.9 Å². The van der Waals surface area contributed by atoms with E-state index in [1.165, 1.54) is 0 Å². The predicted molar refractivity (Wildman–Crippen MR) is 85.8 cm³/mol. The number of benzene rings is 1. The molecule has 2 rings (SSSR count). The van der Waals surface area contributed by atoms with Crippen molar-refractivity contribution in [3.63, 3.8) is 0 Å². The van der Waals surface area contributed by atoms with Crippen LogP contribution in [-0.2, 0) is 0 Å². The molecule has 1 aromatic carbocycles. The third-order valence-electron chi connectivity index (χ3n) is 2.34. The number of hydrazone groups is 1. The first kappa shape index (κ1) is 13.6. The normalized spacial score (nSPS) is 11.3. The standard InChI is InChI=1S/C13H14N4S2/c1-3-8-14-13(18)17-16-9(2)12-15-10-6-4-5-7-11(10)19-12/h3-7H,1,8H2,2H3,(H2,14,17,18)/b16-9-. The Hall–Kier alpha value is -1.79. The van der Waals surface area contributed by atoms with Gasteiger partial charge in [0.25, 0.3) is 0 Å². The summed E-state index contributed by atoms with van der Waals surface area (Å²) in [5.41, 5.74) is 4.59. The summed E-state index contributed by atoms with van der Waals surface area (Å²) in [6.07, 6.45) is 1.73. The Morgan fingerprint density at radius 3 is 3.05 bits per heavy atom. The minimum atomic E-state index is 0.473. The lowest BCUT2D eigenvalue weighted by atomic mass is 10.3. The first-order valence-electron chi connectivity index (χ1n) is 5.75. The fourth-order valence-corrected chi connectivity index (χ4v) is 2.45. The summed E-state index contributed by atoms with van der Waals surface area (Å²) >= 11 is 6.67. The molecule has 6 heteroatoms. The van der Waals surface area contributed by atoms with E-state index in [2.05, 4.69) is 27.4 Å². The van der Waals surface area contributed by atoms with Crippen molar-refractivity contribution in [1.82, 2.24) is 15.7 Å². The van der Waals surface area contributed by atoms with Crippen LogP contribution in [0.25, 0.3) is 10.2 Å². The maximum Gasteiger partial charge on any atom is 0.187 e. The van der Waals surface area contributed by atoms with E-state index in [9.17, 15) is 0 Å². The second kappa shape index (κ2) is 6.40. The van der Waals surface area contributed by atoms with Crippen LogP contribution in [0.2, 0.25) is 0 Å². The minimum absolute atomic E-state index is 0.473. The molecule has 0 fully saturated rings. The van der Waals surface area contributed by atoms with Crippen LogP contribution in [-0.4, -0.2) is 22.4 Å². The van der Waals surface area contributed by atoms with Crippen molar-refractivity contribution in [2.45, 2.75) is 6.92 Å². The fraction of sp³-hybridized carbons (Fsp3) is 0.154. The Labute approximate surface area is 121 Å². The van der Waals surface area contributed by atoms with Crippen LogP contribution >= 0.6 is 23.6 Å². The lowest BCUT2D eigenvalue weighted by Gasteiger charge is -2.04. The lowest BCUT2D eigenvalue weighted by Crippen LogP contribution is -2.32. The number of fused-ring (bicyclic) bond motifs is 1. The molecule has 2 aromatic rings. The van der Waals surface area contributed by atoms with Crippen molar-refractivity contribution in [3.8, 4) is 0 Å². The first-order chi connectivity index (χ1) is 9.20. The molecular weight excluding hydrogens is 276 g/mol. The molecule has 0 amide bonds. The van der Waals surface area contributed by atoms with E-state index in [1.54, 1.807) is 17.4 Å². The molecule has 0 spiro atoms. The monoisotopic (exact) mass is 290 g/mol. The molecule has 1 aromatic heterocycles. The highest BCUT2D eigenvalue weighted by Crippen LogP contribution is 2.21. The smallest absolute Gasteiger partial charge is 0.187 e. The number of aromatic nitrogens is 1. The van der Waals surface area contributed by atoms with Gasteiger partial charge in [0, 0.05) is 6.54 Å². The molecule has 0 aliphatic heterocycles. The molecular formula is C13H14N4S2. The van der Waals surface area contributed by atoms with Gasteiger partial charge >= 0.3 is 0 Å². The van der Waals surface area contributed by atoms with Gasteiger partial charge in [0.05, 0.1) is 15.9 Å². The average molecular weight is 290 g/mol. The zero-order chi connectivity index (χ0) is 13.7. The largest absolute Gasteiger partial charge is 0.358 e. The number of nitrogens with zero attached hydrogens (tertiary/aromatic N) is 2. The molecule has 2 N–H and O–H groups in total. The summed E-state index contributed by atoms with van der Waals surface area (Å²) in [5, 5.41) is 8.52. The van der Waals surface area contributed by atoms with E-state index >= 15 is 0 Å². The molecule has 1 heterocycles. The summed E-state index contributed by atoms with van der Waals surface area (Å²) in [7, 11) is 0. The number of hydrogen-bond acceptors (Lipinski definition) is 4. The van der Waals surface area contributed by atoms with Gasteiger partial charge in [-0.1, -0.05) is 18.2 Å². The highest BCUT2D eigenvalue weighted by Gasteiger charge is 2.06. The van der Waals surface area contributed by atoms with Crippen LogP contribution in [0.3, 0.4) is 0 Å². The van der Waals surface area contributed by atoms with Crippen LogP contribution in [0.5, 0.6) is 0 Å². The van der Waals surface area contributed by atoms with Crippen molar-refractivity contribution in [1.29, 1.82) is 0 Å². The molecule has 4 nitrogen and oxygen atoms in total. The molecule has 0 atom stereocenters. The molecule has 0 bridgehead atoms. The summed E-state index contributed by atoms with van der Waals surface area (Å²) in [6.45, 7) is 6.12. The topological polar surface area (TPSA) is 49.3 Å². The van der Waals surface area contributed by atoms with Crippen LogP contribution in [0.1, 0.15) is 11.9 Å². The third kappa shape index (κ3) is 3.59. The van der Waals surface area contributed by atoms with Crippen LogP contribution < -0.4 is 10.7 Å².